The van der Waals surface area contributed by atoms with Gasteiger partial charge < -0.3 is 5.11 Å². The van der Waals surface area contributed by atoms with Gasteiger partial charge in [0.15, 0.2) is 0 Å². The summed E-state index contributed by atoms with van der Waals surface area (Å²) in [5.74, 6) is 0. The van der Waals surface area contributed by atoms with E-state index in [9.17, 15) is 5.11 Å². The molecule has 1 heteroatoms. The maximum Gasteiger partial charge on any atom is 0.0487 e. The van der Waals surface area contributed by atoms with Crippen molar-refractivity contribution in [3.8, 4) is 0 Å². The van der Waals surface area contributed by atoms with E-state index in [1.807, 2.05) is 0 Å². The lowest BCUT2D eigenvalue weighted by molar-refractivity contribution is 0.131. The van der Waals surface area contributed by atoms with E-state index < -0.39 is 0 Å². The summed E-state index contributed by atoms with van der Waals surface area (Å²) in [5.41, 5.74) is 5.49. The Hall–Kier alpha value is -0.820. The van der Waals surface area contributed by atoms with E-state index >= 15 is 0 Å². The Bertz CT molecular complexity index is 358. The van der Waals surface area contributed by atoms with Crippen molar-refractivity contribution in [2.75, 3.05) is 6.61 Å². The monoisotopic (exact) mass is 234 g/mol. The first-order valence-electron chi connectivity index (χ1n) is 6.59. The van der Waals surface area contributed by atoms with Gasteiger partial charge in [-0.1, -0.05) is 38.0 Å². The quantitative estimate of drug-likeness (QED) is 0.818. The van der Waals surface area contributed by atoms with Crippen LogP contribution < -0.4 is 0 Å². The molecule has 1 atom stereocenters. The third kappa shape index (κ3) is 3.57. The number of aliphatic hydroxyl groups is 1. The first-order valence-corrected chi connectivity index (χ1v) is 6.59. The fourth-order valence-electron chi connectivity index (χ4n) is 2.74. The van der Waals surface area contributed by atoms with E-state index in [0.29, 0.717) is 0 Å². The van der Waals surface area contributed by atoms with Crippen LogP contribution in [0.5, 0.6) is 0 Å². The largest absolute Gasteiger partial charge is 0.396 e. The van der Waals surface area contributed by atoms with Crippen molar-refractivity contribution in [3.05, 3.63) is 34.4 Å². The molecule has 0 saturated carbocycles. The zero-order valence-electron chi connectivity index (χ0n) is 11.9. The van der Waals surface area contributed by atoms with Crippen LogP contribution in [0.15, 0.2) is 12.1 Å². The highest BCUT2D eigenvalue weighted by atomic mass is 16.3. The van der Waals surface area contributed by atoms with E-state index in [2.05, 4.69) is 46.8 Å². The third-order valence-corrected chi connectivity index (χ3v) is 3.68. The maximum absolute atomic E-state index is 9.61. The highest BCUT2D eigenvalue weighted by molar-refractivity contribution is 5.38. The van der Waals surface area contributed by atoms with Gasteiger partial charge in [-0.25, -0.2) is 0 Å². The van der Waals surface area contributed by atoms with Crippen LogP contribution in [0.4, 0.5) is 0 Å². The van der Waals surface area contributed by atoms with Crippen molar-refractivity contribution < 1.29 is 5.11 Å². The van der Waals surface area contributed by atoms with Gasteiger partial charge in [-0.2, -0.15) is 0 Å². The Balaban J connectivity index is 3.01. The third-order valence-electron chi connectivity index (χ3n) is 3.68. The van der Waals surface area contributed by atoms with Crippen molar-refractivity contribution in [2.45, 2.75) is 53.9 Å². The summed E-state index contributed by atoms with van der Waals surface area (Å²) in [5, 5.41) is 9.61. The molecule has 1 N–H and O–H groups in total. The van der Waals surface area contributed by atoms with Crippen molar-refractivity contribution in [3.63, 3.8) is 0 Å². The number of rotatable bonds is 5. The molecule has 0 aliphatic carbocycles. The number of aliphatic hydroxyl groups excluding tert-OH is 1. The summed E-state index contributed by atoms with van der Waals surface area (Å²) in [6.45, 7) is 11.1. The summed E-state index contributed by atoms with van der Waals surface area (Å²) < 4.78 is 0. The normalized spacial score (nSPS) is 14.7. The fraction of sp³-hybridized carbons (Fsp3) is 0.625. The molecule has 1 rings (SSSR count). The lowest BCUT2D eigenvalue weighted by Gasteiger charge is -2.28. The lowest BCUT2D eigenvalue weighted by atomic mass is 9.78. The van der Waals surface area contributed by atoms with Crippen molar-refractivity contribution >= 4 is 0 Å². The summed E-state index contributed by atoms with van der Waals surface area (Å²) in [7, 11) is 0. The van der Waals surface area contributed by atoms with Crippen LogP contribution in [0.25, 0.3) is 0 Å². The van der Waals surface area contributed by atoms with Crippen LogP contribution in [-0.4, -0.2) is 11.7 Å². The Morgan fingerprint density at radius 2 is 1.65 bits per heavy atom. The summed E-state index contributed by atoms with van der Waals surface area (Å²) in [4.78, 5) is 0. The molecule has 0 aliphatic rings. The predicted octanol–water partition coefficient (Wildman–Crippen LogP) is 3.95. The van der Waals surface area contributed by atoms with Gasteiger partial charge in [0.2, 0.25) is 0 Å². The second kappa shape index (κ2) is 5.68. The minimum atomic E-state index is 0.0273. The zero-order chi connectivity index (χ0) is 13.1. The average Bonchev–Trinajstić information content (AvgIpc) is 2.24. The highest BCUT2D eigenvalue weighted by Gasteiger charge is 2.24. The van der Waals surface area contributed by atoms with Gasteiger partial charge in [-0.05, 0) is 55.7 Å². The van der Waals surface area contributed by atoms with Crippen molar-refractivity contribution in [1.29, 1.82) is 0 Å². The molecule has 0 amide bonds. The Kier molecular flexibility index (Phi) is 4.76. The average molecular weight is 234 g/mol. The molecule has 0 aromatic heterocycles. The summed E-state index contributed by atoms with van der Waals surface area (Å²) >= 11 is 0. The molecule has 0 fully saturated rings. The number of hydrogen-bond acceptors (Lipinski definition) is 1. The molecule has 0 radical (unpaired) electrons. The van der Waals surface area contributed by atoms with Gasteiger partial charge in [-0.3, -0.25) is 0 Å². The summed E-state index contributed by atoms with van der Waals surface area (Å²) in [6.07, 6.45) is 3.19. The van der Waals surface area contributed by atoms with Crippen LogP contribution in [0.3, 0.4) is 0 Å². The van der Waals surface area contributed by atoms with E-state index in [0.717, 1.165) is 19.3 Å². The molecule has 0 bridgehead atoms. The number of benzene rings is 1. The molecule has 1 unspecified atom stereocenters. The molecule has 0 saturated heterocycles. The maximum atomic E-state index is 9.61. The van der Waals surface area contributed by atoms with Crippen molar-refractivity contribution in [2.24, 2.45) is 5.41 Å². The van der Waals surface area contributed by atoms with Crippen molar-refractivity contribution in [1.82, 2.24) is 0 Å². The standard InChI is InChI=1S/C16H26O/c1-6-7-16(5,11-17)10-15-13(3)8-12(2)9-14(15)4/h8-9,17H,6-7,10-11H2,1-5H3. The molecule has 1 aromatic rings. The summed E-state index contributed by atoms with van der Waals surface area (Å²) in [6, 6.07) is 4.48. The Morgan fingerprint density at radius 3 is 2.06 bits per heavy atom. The van der Waals surface area contributed by atoms with Gasteiger partial charge >= 0.3 is 0 Å². The minimum Gasteiger partial charge on any atom is -0.396 e. The van der Waals surface area contributed by atoms with Crippen LogP contribution >= 0.6 is 0 Å². The van der Waals surface area contributed by atoms with E-state index in [1.165, 1.54) is 22.3 Å². The van der Waals surface area contributed by atoms with Crippen LogP contribution in [0.2, 0.25) is 0 Å². The van der Waals surface area contributed by atoms with E-state index in [-0.39, 0.29) is 12.0 Å². The molecule has 17 heavy (non-hydrogen) atoms. The molecule has 0 spiro atoms. The Morgan fingerprint density at radius 1 is 1.12 bits per heavy atom. The van der Waals surface area contributed by atoms with Gasteiger partial charge in [0.1, 0.15) is 0 Å². The fourth-order valence-corrected chi connectivity index (χ4v) is 2.74. The lowest BCUT2D eigenvalue weighted by Crippen LogP contribution is -2.25. The highest BCUT2D eigenvalue weighted by Crippen LogP contribution is 2.30. The number of hydrogen-bond donors (Lipinski definition) is 1. The van der Waals surface area contributed by atoms with Gasteiger partial charge in [0.25, 0.3) is 0 Å². The first kappa shape index (κ1) is 14.2. The molecule has 0 aliphatic heterocycles. The molecule has 1 aromatic carbocycles. The van der Waals surface area contributed by atoms with Crippen LogP contribution in [0.1, 0.15) is 48.9 Å². The molecule has 96 valence electrons. The van der Waals surface area contributed by atoms with Crippen LogP contribution in [0, 0.1) is 26.2 Å². The topological polar surface area (TPSA) is 20.2 Å². The Labute approximate surface area is 106 Å². The molecule has 1 nitrogen and oxygen atoms in total. The molecular weight excluding hydrogens is 208 g/mol. The predicted molar refractivity (Wildman–Crippen MR) is 74.5 cm³/mol. The van der Waals surface area contributed by atoms with E-state index in [1.54, 1.807) is 0 Å². The van der Waals surface area contributed by atoms with Gasteiger partial charge in [0, 0.05) is 6.61 Å². The van der Waals surface area contributed by atoms with E-state index in [4.69, 9.17) is 0 Å². The smallest absolute Gasteiger partial charge is 0.0487 e. The second-order valence-electron chi connectivity index (χ2n) is 5.77. The van der Waals surface area contributed by atoms with Gasteiger partial charge in [0.05, 0.1) is 0 Å². The zero-order valence-corrected chi connectivity index (χ0v) is 11.9. The second-order valence-corrected chi connectivity index (χ2v) is 5.77. The number of aryl methyl sites for hydroxylation is 3. The minimum absolute atomic E-state index is 0.0273. The van der Waals surface area contributed by atoms with Gasteiger partial charge in [-0.15, -0.1) is 0 Å². The first-order chi connectivity index (χ1) is 7.91. The molecule has 0 heterocycles. The SMILES string of the molecule is CCCC(C)(CO)Cc1c(C)cc(C)cc1C. The van der Waals surface area contributed by atoms with Crippen LogP contribution in [-0.2, 0) is 6.42 Å². The molecular formula is C16H26O.